The van der Waals surface area contributed by atoms with Crippen LogP contribution in [0.15, 0.2) is 54.6 Å². The molecule has 2 aromatic rings. The number of benzene rings is 2. The smallest absolute Gasteiger partial charge is 0.228 e. The Hall–Kier alpha value is -2.62. The lowest BCUT2D eigenvalue weighted by Crippen LogP contribution is -2.26. The van der Waals surface area contributed by atoms with Crippen molar-refractivity contribution in [1.82, 2.24) is 5.32 Å². The zero-order valence-electron chi connectivity index (χ0n) is 14.1. The molecule has 2 fully saturated rings. The van der Waals surface area contributed by atoms with Gasteiger partial charge in [0.1, 0.15) is 0 Å². The largest absolute Gasteiger partial charge is 0.353 e. The number of carbonyl (C=O) groups excluding carboxylic acids is 2. The van der Waals surface area contributed by atoms with Gasteiger partial charge in [-0.2, -0.15) is 0 Å². The zero-order chi connectivity index (χ0) is 17.2. The van der Waals surface area contributed by atoms with E-state index in [1.54, 1.807) is 0 Å². The molecule has 0 bridgehead atoms. The van der Waals surface area contributed by atoms with Crippen LogP contribution in [0, 0.1) is 5.92 Å². The fourth-order valence-electron chi connectivity index (χ4n) is 3.19. The summed E-state index contributed by atoms with van der Waals surface area (Å²) in [5.41, 5.74) is 2.99. The summed E-state index contributed by atoms with van der Waals surface area (Å²) in [6, 6.07) is 18.1. The highest BCUT2D eigenvalue weighted by molar-refractivity contribution is 5.95. The van der Waals surface area contributed by atoms with Gasteiger partial charge < -0.3 is 10.6 Å². The zero-order valence-corrected chi connectivity index (χ0v) is 14.1. The average molecular weight is 334 g/mol. The first-order chi connectivity index (χ1) is 12.2. The average Bonchev–Trinajstić information content (AvgIpc) is 3.52. The molecule has 2 aliphatic carbocycles. The normalized spacial score (nSPS) is 21.4. The molecule has 0 radical (unpaired) electrons. The molecule has 4 heteroatoms. The molecule has 0 spiro atoms. The molecule has 0 heterocycles. The Bertz CT molecular complexity index is 766. The van der Waals surface area contributed by atoms with E-state index in [-0.39, 0.29) is 17.7 Å². The van der Waals surface area contributed by atoms with Crippen molar-refractivity contribution in [2.75, 3.05) is 5.32 Å². The van der Waals surface area contributed by atoms with E-state index < -0.39 is 0 Å². The van der Waals surface area contributed by atoms with Gasteiger partial charge in [0.15, 0.2) is 0 Å². The summed E-state index contributed by atoms with van der Waals surface area (Å²) >= 11 is 0. The Balaban J connectivity index is 1.29. The van der Waals surface area contributed by atoms with E-state index in [1.807, 2.05) is 42.5 Å². The lowest BCUT2D eigenvalue weighted by Gasteiger charge is -2.07. The molecule has 2 saturated carbocycles. The predicted octanol–water partition coefficient (Wildman–Crippen LogP) is 3.25. The third-order valence-corrected chi connectivity index (χ3v) is 4.88. The van der Waals surface area contributed by atoms with Crippen LogP contribution in [0.3, 0.4) is 0 Å². The molecule has 0 aliphatic heterocycles. The number of amides is 2. The first-order valence-electron chi connectivity index (χ1n) is 8.93. The molecule has 2 aliphatic rings. The van der Waals surface area contributed by atoms with Crippen molar-refractivity contribution < 1.29 is 9.59 Å². The van der Waals surface area contributed by atoms with Crippen LogP contribution < -0.4 is 10.6 Å². The van der Waals surface area contributed by atoms with E-state index in [0.29, 0.717) is 18.4 Å². The van der Waals surface area contributed by atoms with Crippen molar-refractivity contribution in [2.45, 2.75) is 37.6 Å². The maximum Gasteiger partial charge on any atom is 0.228 e. The minimum atomic E-state index is 0.0615. The molecule has 0 aromatic heterocycles. The Morgan fingerprint density at radius 2 is 1.68 bits per heavy atom. The molecular weight excluding hydrogens is 312 g/mol. The van der Waals surface area contributed by atoms with Gasteiger partial charge in [-0.25, -0.2) is 0 Å². The minimum Gasteiger partial charge on any atom is -0.353 e. The van der Waals surface area contributed by atoms with Crippen LogP contribution in [0.25, 0.3) is 0 Å². The summed E-state index contributed by atoms with van der Waals surface area (Å²) in [6.07, 6.45) is 3.50. The van der Waals surface area contributed by atoms with Crippen LogP contribution in [0.5, 0.6) is 0 Å². The van der Waals surface area contributed by atoms with Crippen molar-refractivity contribution in [1.29, 1.82) is 0 Å². The molecule has 2 amide bonds. The highest BCUT2D eigenvalue weighted by Crippen LogP contribution is 2.47. The van der Waals surface area contributed by atoms with Gasteiger partial charge >= 0.3 is 0 Å². The Kier molecular flexibility index (Phi) is 4.26. The van der Waals surface area contributed by atoms with E-state index in [1.165, 1.54) is 5.56 Å². The Morgan fingerprint density at radius 1 is 0.960 bits per heavy atom. The Labute approximate surface area is 147 Å². The predicted molar refractivity (Wildman–Crippen MR) is 97.2 cm³/mol. The number of carbonyl (C=O) groups is 2. The van der Waals surface area contributed by atoms with Gasteiger partial charge in [-0.1, -0.05) is 42.5 Å². The van der Waals surface area contributed by atoms with Gasteiger partial charge in [-0.15, -0.1) is 0 Å². The summed E-state index contributed by atoms with van der Waals surface area (Å²) in [5.74, 6) is 0.550. The van der Waals surface area contributed by atoms with Crippen LogP contribution in [-0.2, 0) is 16.0 Å². The molecule has 0 saturated heterocycles. The second-order valence-electron chi connectivity index (χ2n) is 7.06. The second kappa shape index (κ2) is 6.71. The van der Waals surface area contributed by atoms with Crippen molar-refractivity contribution in [3.63, 3.8) is 0 Å². The lowest BCUT2D eigenvalue weighted by molar-refractivity contribution is -0.120. The number of hydrogen-bond donors (Lipinski definition) is 2. The van der Waals surface area contributed by atoms with Gasteiger partial charge in [-0.3, -0.25) is 9.59 Å². The molecule has 2 aromatic carbocycles. The molecule has 2 N–H and O–H groups in total. The van der Waals surface area contributed by atoms with Crippen LogP contribution in [0.1, 0.15) is 36.3 Å². The Morgan fingerprint density at radius 3 is 2.36 bits per heavy atom. The van der Waals surface area contributed by atoms with Gasteiger partial charge in [0, 0.05) is 17.6 Å². The van der Waals surface area contributed by atoms with Crippen LogP contribution in [0.2, 0.25) is 0 Å². The highest BCUT2D eigenvalue weighted by Gasteiger charge is 2.43. The van der Waals surface area contributed by atoms with Crippen molar-refractivity contribution >= 4 is 17.5 Å². The monoisotopic (exact) mass is 334 g/mol. The maximum atomic E-state index is 12.4. The van der Waals surface area contributed by atoms with E-state index in [4.69, 9.17) is 0 Å². The molecule has 4 rings (SSSR count). The van der Waals surface area contributed by atoms with E-state index in [0.717, 1.165) is 30.5 Å². The molecule has 2 atom stereocenters. The fraction of sp³-hybridized carbons (Fsp3) is 0.333. The highest BCUT2D eigenvalue weighted by atomic mass is 16.2. The molecule has 0 unspecified atom stereocenters. The first kappa shape index (κ1) is 15.9. The maximum absolute atomic E-state index is 12.4. The third kappa shape index (κ3) is 4.08. The summed E-state index contributed by atoms with van der Waals surface area (Å²) in [7, 11) is 0. The van der Waals surface area contributed by atoms with E-state index in [9.17, 15) is 9.59 Å². The summed E-state index contributed by atoms with van der Waals surface area (Å²) < 4.78 is 0. The number of rotatable bonds is 6. The first-order valence-corrected chi connectivity index (χ1v) is 8.93. The lowest BCUT2D eigenvalue weighted by atomic mass is 10.1. The van der Waals surface area contributed by atoms with Crippen molar-refractivity contribution in [2.24, 2.45) is 5.92 Å². The summed E-state index contributed by atoms with van der Waals surface area (Å²) in [6.45, 7) is 0. The third-order valence-electron chi connectivity index (χ3n) is 4.88. The standard InChI is InChI=1S/C21H22N2O2/c24-20(22-16-10-11-16)12-14-6-8-17(9-7-14)23-21(25)19-13-18(19)15-4-2-1-3-5-15/h1-9,16,18-19H,10-13H2,(H,22,24)(H,23,25)/t18-,19+/m0/s1. The van der Waals surface area contributed by atoms with E-state index in [2.05, 4.69) is 22.8 Å². The molecule has 4 nitrogen and oxygen atoms in total. The second-order valence-corrected chi connectivity index (χ2v) is 7.06. The van der Waals surface area contributed by atoms with Gasteiger partial charge in [0.2, 0.25) is 11.8 Å². The number of nitrogens with one attached hydrogen (secondary N) is 2. The summed E-state index contributed by atoms with van der Waals surface area (Å²) in [4.78, 5) is 24.2. The van der Waals surface area contributed by atoms with Crippen LogP contribution in [0.4, 0.5) is 5.69 Å². The van der Waals surface area contributed by atoms with Gasteiger partial charge in [-0.05, 0) is 48.4 Å². The van der Waals surface area contributed by atoms with Gasteiger partial charge in [0.05, 0.1) is 6.42 Å². The number of hydrogen-bond acceptors (Lipinski definition) is 2. The fourth-order valence-corrected chi connectivity index (χ4v) is 3.19. The quantitative estimate of drug-likeness (QED) is 0.852. The molecule has 128 valence electrons. The van der Waals surface area contributed by atoms with Crippen LogP contribution in [-0.4, -0.2) is 17.9 Å². The van der Waals surface area contributed by atoms with Crippen molar-refractivity contribution in [3.05, 3.63) is 65.7 Å². The topological polar surface area (TPSA) is 58.2 Å². The van der Waals surface area contributed by atoms with E-state index >= 15 is 0 Å². The van der Waals surface area contributed by atoms with Crippen molar-refractivity contribution in [3.8, 4) is 0 Å². The molecular formula is C21H22N2O2. The minimum absolute atomic E-state index is 0.0615. The summed E-state index contributed by atoms with van der Waals surface area (Å²) in [5, 5.41) is 5.97. The van der Waals surface area contributed by atoms with Crippen LogP contribution >= 0.6 is 0 Å². The van der Waals surface area contributed by atoms with Gasteiger partial charge in [0.25, 0.3) is 0 Å². The number of anilines is 1. The SMILES string of the molecule is O=C(Cc1ccc(NC(=O)[C@@H]2C[C@H]2c2ccccc2)cc1)NC1CC1. The molecule has 25 heavy (non-hydrogen) atoms.